The molecule has 0 saturated carbocycles. The van der Waals surface area contributed by atoms with Gasteiger partial charge in [-0.25, -0.2) is 0 Å². The number of nitrogens with one attached hydrogen (secondary N) is 1. The van der Waals surface area contributed by atoms with E-state index in [-0.39, 0.29) is 12.4 Å². The topological polar surface area (TPSA) is 29.4 Å². The van der Waals surface area contributed by atoms with Crippen LogP contribution in [0.3, 0.4) is 0 Å². The second-order valence-electron chi connectivity index (χ2n) is 7.10. The third-order valence-corrected chi connectivity index (χ3v) is 5.41. The van der Waals surface area contributed by atoms with Gasteiger partial charge in [0, 0.05) is 48.0 Å². The standard InChI is InChI=1S/C22H29N3O.ClH/c1-2-25-21-7-4-3-6-19(21)20-16-18(8-9-22(20)25)17-23-10-5-11-24-12-14-26-15-13-24;/h3-4,6-9,16,23H,2,5,10-15,17H2,1H3;1H. The average molecular weight is 388 g/mol. The lowest BCUT2D eigenvalue weighted by Crippen LogP contribution is -2.37. The van der Waals surface area contributed by atoms with E-state index >= 15 is 0 Å². The lowest BCUT2D eigenvalue weighted by molar-refractivity contribution is 0.0374. The third kappa shape index (κ3) is 4.46. The number of benzene rings is 2. The van der Waals surface area contributed by atoms with Gasteiger partial charge < -0.3 is 14.6 Å². The number of morpholine rings is 1. The Morgan fingerprint density at radius 1 is 1.00 bits per heavy atom. The number of aromatic nitrogens is 1. The molecular weight excluding hydrogens is 358 g/mol. The van der Waals surface area contributed by atoms with Crippen LogP contribution in [0.1, 0.15) is 18.9 Å². The maximum atomic E-state index is 5.40. The van der Waals surface area contributed by atoms with E-state index in [0.717, 1.165) is 45.9 Å². The van der Waals surface area contributed by atoms with Crippen molar-refractivity contribution in [2.24, 2.45) is 0 Å². The summed E-state index contributed by atoms with van der Waals surface area (Å²) in [7, 11) is 0. The predicted octanol–water partition coefficient (Wildman–Crippen LogP) is 4.05. The molecule has 5 heteroatoms. The second kappa shape index (κ2) is 9.56. The molecule has 1 fully saturated rings. The molecule has 4 nitrogen and oxygen atoms in total. The van der Waals surface area contributed by atoms with Crippen molar-refractivity contribution in [3.05, 3.63) is 48.0 Å². The quantitative estimate of drug-likeness (QED) is 0.620. The summed E-state index contributed by atoms with van der Waals surface area (Å²) in [6.07, 6.45) is 1.19. The first-order valence-corrected chi connectivity index (χ1v) is 9.87. The van der Waals surface area contributed by atoms with Crippen molar-refractivity contribution in [2.45, 2.75) is 26.4 Å². The highest BCUT2D eigenvalue weighted by Crippen LogP contribution is 2.29. The van der Waals surface area contributed by atoms with Crippen molar-refractivity contribution in [3.8, 4) is 0 Å². The number of hydrogen-bond acceptors (Lipinski definition) is 3. The zero-order chi connectivity index (χ0) is 17.8. The molecule has 4 rings (SSSR count). The number of fused-ring (bicyclic) bond motifs is 3. The van der Waals surface area contributed by atoms with E-state index < -0.39 is 0 Å². The van der Waals surface area contributed by atoms with E-state index in [1.54, 1.807) is 0 Å². The summed E-state index contributed by atoms with van der Waals surface area (Å²) in [5.41, 5.74) is 4.04. The van der Waals surface area contributed by atoms with E-state index in [2.05, 4.69) is 64.2 Å². The largest absolute Gasteiger partial charge is 0.379 e. The minimum Gasteiger partial charge on any atom is -0.379 e. The minimum absolute atomic E-state index is 0. The number of aryl methyl sites for hydroxylation is 1. The van der Waals surface area contributed by atoms with Crippen LogP contribution in [0.25, 0.3) is 21.8 Å². The molecule has 2 aromatic carbocycles. The Hall–Kier alpha value is -1.59. The van der Waals surface area contributed by atoms with Gasteiger partial charge in [-0.3, -0.25) is 4.90 Å². The predicted molar refractivity (Wildman–Crippen MR) is 116 cm³/mol. The Labute approximate surface area is 167 Å². The monoisotopic (exact) mass is 387 g/mol. The first-order valence-electron chi connectivity index (χ1n) is 9.87. The highest BCUT2D eigenvalue weighted by Gasteiger charge is 2.10. The first kappa shape index (κ1) is 20.2. The van der Waals surface area contributed by atoms with Gasteiger partial charge in [-0.1, -0.05) is 24.3 Å². The molecule has 1 saturated heterocycles. The third-order valence-electron chi connectivity index (χ3n) is 5.41. The first-order chi connectivity index (χ1) is 12.9. The summed E-state index contributed by atoms with van der Waals surface area (Å²) in [4.78, 5) is 2.50. The van der Waals surface area contributed by atoms with Crippen LogP contribution in [-0.4, -0.2) is 48.9 Å². The van der Waals surface area contributed by atoms with Crippen molar-refractivity contribution >= 4 is 34.2 Å². The lowest BCUT2D eigenvalue weighted by Gasteiger charge is -2.26. The fourth-order valence-electron chi connectivity index (χ4n) is 4.04. The Morgan fingerprint density at radius 2 is 1.78 bits per heavy atom. The molecule has 146 valence electrons. The van der Waals surface area contributed by atoms with Crippen molar-refractivity contribution in [1.82, 2.24) is 14.8 Å². The minimum atomic E-state index is 0. The zero-order valence-corrected chi connectivity index (χ0v) is 16.9. The molecule has 27 heavy (non-hydrogen) atoms. The fourth-order valence-corrected chi connectivity index (χ4v) is 4.04. The molecule has 3 aromatic rings. The summed E-state index contributed by atoms with van der Waals surface area (Å²) in [5.74, 6) is 0. The van der Waals surface area contributed by atoms with Crippen molar-refractivity contribution < 1.29 is 4.74 Å². The summed E-state index contributed by atoms with van der Waals surface area (Å²) in [6.45, 7) is 10.3. The summed E-state index contributed by atoms with van der Waals surface area (Å²) < 4.78 is 7.81. The van der Waals surface area contributed by atoms with Gasteiger partial charge >= 0.3 is 0 Å². The highest BCUT2D eigenvalue weighted by molar-refractivity contribution is 6.08. The maximum absolute atomic E-state index is 5.40. The van der Waals surface area contributed by atoms with Gasteiger partial charge in [0.15, 0.2) is 0 Å². The molecule has 1 N–H and O–H groups in total. The van der Waals surface area contributed by atoms with Crippen molar-refractivity contribution in [2.75, 3.05) is 39.4 Å². The number of rotatable bonds is 7. The molecule has 0 amide bonds. The summed E-state index contributed by atoms with van der Waals surface area (Å²) in [5, 5.41) is 6.34. The van der Waals surface area contributed by atoms with E-state index in [0.29, 0.717) is 0 Å². The van der Waals surface area contributed by atoms with Gasteiger partial charge in [0.05, 0.1) is 13.2 Å². The Balaban J connectivity index is 0.00000210. The van der Waals surface area contributed by atoms with Gasteiger partial charge in [0.1, 0.15) is 0 Å². The SMILES string of the molecule is CCn1c2ccccc2c2cc(CNCCCN3CCOCC3)ccc21.Cl. The van der Waals surface area contributed by atoms with Gasteiger partial charge in [-0.05, 0) is 50.2 Å². The number of halogens is 1. The molecule has 0 radical (unpaired) electrons. The molecule has 0 spiro atoms. The molecule has 2 heterocycles. The molecule has 0 bridgehead atoms. The molecule has 1 aliphatic rings. The van der Waals surface area contributed by atoms with Crippen LogP contribution in [0.2, 0.25) is 0 Å². The van der Waals surface area contributed by atoms with Crippen LogP contribution < -0.4 is 5.32 Å². The Bertz CT molecular complexity index is 870. The maximum Gasteiger partial charge on any atom is 0.0594 e. The van der Waals surface area contributed by atoms with Crippen molar-refractivity contribution in [3.63, 3.8) is 0 Å². The van der Waals surface area contributed by atoms with Gasteiger partial charge in [-0.2, -0.15) is 0 Å². The van der Waals surface area contributed by atoms with Gasteiger partial charge in [0.2, 0.25) is 0 Å². The van der Waals surface area contributed by atoms with E-state index in [4.69, 9.17) is 4.74 Å². The van der Waals surface area contributed by atoms with E-state index in [1.165, 1.54) is 40.3 Å². The number of para-hydroxylation sites is 1. The molecule has 1 aromatic heterocycles. The summed E-state index contributed by atoms with van der Waals surface area (Å²) in [6, 6.07) is 15.6. The zero-order valence-electron chi connectivity index (χ0n) is 16.1. The van der Waals surface area contributed by atoms with Crippen LogP contribution >= 0.6 is 12.4 Å². The number of ether oxygens (including phenoxy) is 1. The number of nitrogens with zero attached hydrogens (tertiary/aromatic N) is 2. The van der Waals surface area contributed by atoms with Gasteiger partial charge in [0.25, 0.3) is 0 Å². The van der Waals surface area contributed by atoms with Crippen LogP contribution in [0, 0.1) is 0 Å². The molecule has 0 aliphatic carbocycles. The van der Waals surface area contributed by atoms with Crippen LogP contribution in [0.5, 0.6) is 0 Å². The second-order valence-corrected chi connectivity index (χ2v) is 7.10. The number of hydrogen-bond donors (Lipinski definition) is 1. The van der Waals surface area contributed by atoms with Crippen LogP contribution in [0.15, 0.2) is 42.5 Å². The summed E-state index contributed by atoms with van der Waals surface area (Å²) >= 11 is 0. The lowest BCUT2D eigenvalue weighted by atomic mass is 10.1. The molecule has 1 aliphatic heterocycles. The molecule has 0 atom stereocenters. The van der Waals surface area contributed by atoms with Crippen molar-refractivity contribution in [1.29, 1.82) is 0 Å². The molecular formula is C22H30ClN3O. The highest BCUT2D eigenvalue weighted by atomic mass is 35.5. The molecule has 0 unspecified atom stereocenters. The Kier molecular flexibility index (Phi) is 7.13. The van der Waals surface area contributed by atoms with E-state index in [9.17, 15) is 0 Å². The smallest absolute Gasteiger partial charge is 0.0594 e. The van der Waals surface area contributed by atoms with E-state index in [1.807, 2.05) is 0 Å². The Morgan fingerprint density at radius 3 is 2.59 bits per heavy atom. The fraction of sp³-hybridized carbons (Fsp3) is 0.455. The van der Waals surface area contributed by atoms with Gasteiger partial charge in [-0.15, -0.1) is 12.4 Å². The van der Waals surface area contributed by atoms with Crippen LogP contribution in [0.4, 0.5) is 0 Å². The normalized spacial score (nSPS) is 15.3. The van der Waals surface area contributed by atoms with Crippen LogP contribution in [-0.2, 0) is 17.8 Å². The average Bonchev–Trinajstić information content (AvgIpc) is 3.01.